The summed E-state index contributed by atoms with van der Waals surface area (Å²) < 4.78 is 1.89. The number of hydrogen-bond donors (Lipinski definition) is 1. The third-order valence-corrected chi connectivity index (χ3v) is 6.04. The molecule has 2 fully saturated rings. The molecule has 0 bridgehead atoms. The van der Waals surface area contributed by atoms with Crippen molar-refractivity contribution in [2.45, 2.75) is 64.1 Å². The van der Waals surface area contributed by atoms with Crippen LogP contribution in [-0.4, -0.2) is 62.1 Å². The van der Waals surface area contributed by atoms with Gasteiger partial charge in [-0.25, -0.2) is 4.98 Å². The van der Waals surface area contributed by atoms with Gasteiger partial charge in [0, 0.05) is 31.5 Å². The largest absolute Gasteiger partial charge is 0.385 e. The fourth-order valence-electron chi connectivity index (χ4n) is 4.49. The number of carbonyl (C=O) groups excluding carboxylic acids is 1. The summed E-state index contributed by atoms with van der Waals surface area (Å²) in [7, 11) is 1.92. The predicted molar refractivity (Wildman–Crippen MR) is 97.0 cm³/mol. The molecule has 0 aromatic carbocycles. The van der Waals surface area contributed by atoms with Gasteiger partial charge in [0.05, 0.1) is 6.54 Å². The van der Waals surface area contributed by atoms with Crippen molar-refractivity contribution >= 4 is 5.91 Å². The number of imidazole rings is 1. The molecule has 0 radical (unpaired) electrons. The Bertz CT molecular complexity index is 570. The standard InChI is InChI=1S/C19H32N4O2/c1-14-5-4-6-15(2)23(14)17(24)13-22-10-7-16(8-11-22)18(25)19-20-9-12-21(19)3/h9,12,14-16,18,25H,4-8,10-11,13H2,1-3H3. The summed E-state index contributed by atoms with van der Waals surface area (Å²) in [5.41, 5.74) is 0. The Hall–Kier alpha value is -1.40. The molecule has 0 aliphatic carbocycles. The Kier molecular flexibility index (Phi) is 5.79. The minimum absolute atomic E-state index is 0.222. The molecule has 2 aliphatic rings. The molecule has 1 aromatic heterocycles. The highest BCUT2D eigenvalue weighted by molar-refractivity contribution is 5.79. The summed E-state index contributed by atoms with van der Waals surface area (Å²) in [6.45, 7) is 6.59. The lowest BCUT2D eigenvalue weighted by molar-refractivity contribution is -0.139. The number of aliphatic hydroxyl groups is 1. The molecule has 1 amide bonds. The van der Waals surface area contributed by atoms with Gasteiger partial charge in [0.25, 0.3) is 0 Å². The molecule has 1 aromatic rings. The van der Waals surface area contributed by atoms with Crippen molar-refractivity contribution in [3.8, 4) is 0 Å². The van der Waals surface area contributed by atoms with Crippen LogP contribution in [0, 0.1) is 5.92 Å². The van der Waals surface area contributed by atoms with E-state index in [-0.39, 0.29) is 11.8 Å². The third-order valence-electron chi connectivity index (χ3n) is 6.04. The number of aliphatic hydroxyl groups excluding tert-OH is 1. The van der Waals surface area contributed by atoms with Gasteiger partial charge >= 0.3 is 0 Å². The van der Waals surface area contributed by atoms with E-state index >= 15 is 0 Å². The number of aryl methyl sites for hydroxylation is 1. The Balaban J connectivity index is 1.51. The number of nitrogens with zero attached hydrogens (tertiary/aromatic N) is 4. The van der Waals surface area contributed by atoms with E-state index in [1.807, 2.05) is 17.8 Å². The lowest BCUT2D eigenvalue weighted by atomic mass is 9.90. The molecule has 3 atom stereocenters. The van der Waals surface area contributed by atoms with Crippen LogP contribution in [0.2, 0.25) is 0 Å². The van der Waals surface area contributed by atoms with Crippen LogP contribution in [-0.2, 0) is 11.8 Å². The Morgan fingerprint density at radius 2 is 1.88 bits per heavy atom. The highest BCUT2D eigenvalue weighted by Gasteiger charge is 2.32. The normalized spacial score (nSPS) is 27.4. The first-order chi connectivity index (χ1) is 12.0. The van der Waals surface area contributed by atoms with Crippen molar-refractivity contribution in [1.82, 2.24) is 19.4 Å². The van der Waals surface area contributed by atoms with Crippen LogP contribution < -0.4 is 0 Å². The lowest BCUT2D eigenvalue weighted by Crippen LogP contribution is -2.52. The quantitative estimate of drug-likeness (QED) is 0.903. The highest BCUT2D eigenvalue weighted by Crippen LogP contribution is 2.30. The number of amides is 1. The van der Waals surface area contributed by atoms with E-state index in [4.69, 9.17) is 0 Å². The maximum atomic E-state index is 12.8. The molecule has 6 heteroatoms. The molecule has 0 spiro atoms. The molecule has 6 nitrogen and oxygen atoms in total. The average Bonchev–Trinajstić information content (AvgIpc) is 3.01. The zero-order chi connectivity index (χ0) is 18.0. The zero-order valence-corrected chi connectivity index (χ0v) is 15.8. The van der Waals surface area contributed by atoms with E-state index in [9.17, 15) is 9.90 Å². The maximum Gasteiger partial charge on any atom is 0.237 e. The van der Waals surface area contributed by atoms with Gasteiger partial charge in [0.1, 0.15) is 11.9 Å². The Morgan fingerprint density at radius 3 is 2.44 bits per heavy atom. The van der Waals surface area contributed by atoms with Crippen molar-refractivity contribution in [1.29, 1.82) is 0 Å². The van der Waals surface area contributed by atoms with Crippen LogP contribution in [0.25, 0.3) is 0 Å². The van der Waals surface area contributed by atoms with Crippen LogP contribution in [0.1, 0.15) is 57.9 Å². The number of aromatic nitrogens is 2. The van der Waals surface area contributed by atoms with Crippen LogP contribution >= 0.6 is 0 Å². The number of likely N-dealkylation sites (tertiary alicyclic amines) is 2. The summed E-state index contributed by atoms with van der Waals surface area (Å²) >= 11 is 0. The summed E-state index contributed by atoms with van der Waals surface area (Å²) in [5, 5.41) is 10.6. The van der Waals surface area contributed by atoms with Crippen LogP contribution in [0.5, 0.6) is 0 Å². The second-order valence-corrected chi connectivity index (χ2v) is 7.88. The predicted octanol–water partition coefficient (Wildman–Crippen LogP) is 1.95. The average molecular weight is 348 g/mol. The van der Waals surface area contributed by atoms with Crippen LogP contribution in [0.4, 0.5) is 0 Å². The fourth-order valence-corrected chi connectivity index (χ4v) is 4.49. The molecule has 3 rings (SSSR count). The van der Waals surface area contributed by atoms with Gasteiger partial charge in [-0.2, -0.15) is 0 Å². The monoisotopic (exact) mass is 348 g/mol. The second-order valence-electron chi connectivity index (χ2n) is 7.88. The van der Waals surface area contributed by atoms with Crippen molar-refractivity contribution in [3.05, 3.63) is 18.2 Å². The van der Waals surface area contributed by atoms with Gasteiger partial charge in [0.2, 0.25) is 5.91 Å². The fraction of sp³-hybridized carbons (Fsp3) is 0.789. The van der Waals surface area contributed by atoms with Gasteiger partial charge in [-0.15, -0.1) is 0 Å². The van der Waals surface area contributed by atoms with Crippen molar-refractivity contribution < 1.29 is 9.90 Å². The van der Waals surface area contributed by atoms with Crippen molar-refractivity contribution in [2.24, 2.45) is 13.0 Å². The topological polar surface area (TPSA) is 61.6 Å². The zero-order valence-electron chi connectivity index (χ0n) is 15.8. The number of rotatable bonds is 4. The molecule has 140 valence electrons. The SMILES string of the molecule is CC1CCCC(C)N1C(=O)CN1CCC(C(O)c2nccn2C)CC1. The lowest BCUT2D eigenvalue weighted by Gasteiger charge is -2.41. The van der Waals surface area contributed by atoms with Gasteiger partial charge in [-0.3, -0.25) is 9.69 Å². The summed E-state index contributed by atoms with van der Waals surface area (Å²) in [5.74, 6) is 1.23. The molecule has 1 N–H and O–H groups in total. The van der Waals surface area contributed by atoms with Crippen molar-refractivity contribution in [3.63, 3.8) is 0 Å². The summed E-state index contributed by atoms with van der Waals surface area (Å²) in [6.07, 6.45) is 8.37. The number of carbonyl (C=O) groups is 1. The van der Waals surface area contributed by atoms with E-state index in [1.54, 1.807) is 6.20 Å². The van der Waals surface area contributed by atoms with Gasteiger partial charge in [-0.1, -0.05) is 0 Å². The first-order valence-electron chi connectivity index (χ1n) is 9.66. The summed E-state index contributed by atoms with van der Waals surface area (Å²) in [4.78, 5) is 21.4. The Labute approximate surface area is 150 Å². The van der Waals surface area contributed by atoms with Gasteiger partial charge in [0.15, 0.2) is 0 Å². The minimum atomic E-state index is -0.514. The van der Waals surface area contributed by atoms with Gasteiger partial charge in [-0.05, 0) is 65.0 Å². The molecule has 2 aliphatic heterocycles. The molecule has 0 saturated carbocycles. The second kappa shape index (κ2) is 7.87. The third kappa shape index (κ3) is 4.06. The summed E-state index contributed by atoms with van der Waals surface area (Å²) in [6, 6.07) is 0.720. The van der Waals surface area contributed by atoms with Gasteiger partial charge < -0.3 is 14.6 Å². The van der Waals surface area contributed by atoms with Crippen LogP contribution in [0.15, 0.2) is 12.4 Å². The molecule has 25 heavy (non-hydrogen) atoms. The van der Waals surface area contributed by atoms with E-state index < -0.39 is 6.10 Å². The molecule has 3 heterocycles. The van der Waals surface area contributed by atoms with Crippen molar-refractivity contribution in [2.75, 3.05) is 19.6 Å². The smallest absolute Gasteiger partial charge is 0.237 e. The highest BCUT2D eigenvalue weighted by atomic mass is 16.3. The first-order valence-corrected chi connectivity index (χ1v) is 9.66. The van der Waals surface area contributed by atoms with Crippen LogP contribution in [0.3, 0.4) is 0 Å². The van der Waals surface area contributed by atoms with E-state index in [1.165, 1.54) is 6.42 Å². The maximum absolute atomic E-state index is 12.8. The van der Waals surface area contributed by atoms with E-state index in [0.29, 0.717) is 18.6 Å². The first kappa shape index (κ1) is 18.4. The van der Waals surface area contributed by atoms with E-state index in [2.05, 4.69) is 28.6 Å². The number of piperidine rings is 2. The molecular formula is C19H32N4O2. The molecule has 2 saturated heterocycles. The molecular weight excluding hydrogens is 316 g/mol. The number of hydrogen-bond acceptors (Lipinski definition) is 4. The Morgan fingerprint density at radius 1 is 1.24 bits per heavy atom. The minimum Gasteiger partial charge on any atom is -0.385 e. The molecule has 3 unspecified atom stereocenters. The van der Waals surface area contributed by atoms with E-state index in [0.717, 1.165) is 44.6 Å².